The first-order chi connectivity index (χ1) is 15.5. The molecule has 7 heteroatoms. The molecule has 4 rings (SSSR count). The van der Waals surface area contributed by atoms with Gasteiger partial charge >= 0.3 is 0 Å². The van der Waals surface area contributed by atoms with Crippen LogP contribution in [0.15, 0.2) is 42.5 Å². The lowest BCUT2D eigenvalue weighted by Crippen LogP contribution is -2.35. The van der Waals surface area contributed by atoms with Gasteiger partial charge in [0.15, 0.2) is 0 Å². The van der Waals surface area contributed by atoms with E-state index in [0.29, 0.717) is 11.3 Å². The topological polar surface area (TPSA) is 90.5 Å². The first-order valence-corrected chi connectivity index (χ1v) is 11.3. The Morgan fingerprint density at radius 2 is 1.56 bits per heavy atom. The standard InChI is InChI=1S/C25H30N4O3/c1-17-21(6-5-7-22(17)28-24(31)18-8-9-18)27-23(30)16-26-20-12-10-19(11-13-20)25(32)29-14-3-2-4-15-29/h5-7,10-13,18,26H,2-4,8-9,14-16H2,1H3,(H,27,30)(H,28,31). The van der Waals surface area contributed by atoms with Crippen LogP contribution in [0.2, 0.25) is 0 Å². The molecular formula is C25H30N4O3. The fourth-order valence-corrected chi connectivity index (χ4v) is 3.87. The number of carbonyl (C=O) groups excluding carboxylic acids is 3. The number of hydrogen-bond donors (Lipinski definition) is 3. The summed E-state index contributed by atoms with van der Waals surface area (Å²) in [6.45, 7) is 3.62. The lowest BCUT2D eigenvalue weighted by molar-refractivity contribution is -0.117. The second-order valence-corrected chi connectivity index (χ2v) is 8.57. The summed E-state index contributed by atoms with van der Waals surface area (Å²) in [4.78, 5) is 39.0. The lowest BCUT2D eigenvalue weighted by atomic mass is 10.1. The Morgan fingerprint density at radius 1 is 0.906 bits per heavy atom. The number of carbonyl (C=O) groups is 3. The van der Waals surface area contributed by atoms with E-state index in [1.54, 1.807) is 12.1 Å². The Balaban J connectivity index is 1.29. The van der Waals surface area contributed by atoms with Gasteiger partial charge in [-0.3, -0.25) is 14.4 Å². The molecule has 0 radical (unpaired) electrons. The Morgan fingerprint density at radius 3 is 2.22 bits per heavy atom. The molecule has 168 valence electrons. The number of likely N-dealkylation sites (tertiary alicyclic amines) is 1. The van der Waals surface area contributed by atoms with Crippen LogP contribution in [0.25, 0.3) is 0 Å². The van der Waals surface area contributed by atoms with E-state index >= 15 is 0 Å². The maximum absolute atomic E-state index is 12.6. The molecule has 2 fully saturated rings. The van der Waals surface area contributed by atoms with Crippen LogP contribution in [-0.2, 0) is 9.59 Å². The zero-order chi connectivity index (χ0) is 22.5. The van der Waals surface area contributed by atoms with E-state index in [1.807, 2.05) is 42.2 Å². The smallest absolute Gasteiger partial charge is 0.253 e. The van der Waals surface area contributed by atoms with E-state index in [1.165, 1.54) is 6.42 Å². The highest BCUT2D eigenvalue weighted by Crippen LogP contribution is 2.31. The van der Waals surface area contributed by atoms with Gasteiger partial charge in [0.1, 0.15) is 0 Å². The van der Waals surface area contributed by atoms with Crippen LogP contribution in [-0.4, -0.2) is 42.3 Å². The third-order valence-corrected chi connectivity index (χ3v) is 6.04. The van der Waals surface area contributed by atoms with Gasteiger partial charge < -0.3 is 20.9 Å². The van der Waals surface area contributed by atoms with Gasteiger partial charge in [0.25, 0.3) is 5.91 Å². The van der Waals surface area contributed by atoms with E-state index in [4.69, 9.17) is 0 Å². The Labute approximate surface area is 188 Å². The second-order valence-electron chi connectivity index (χ2n) is 8.57. The van der Waals surface area contributed by atoms with Gasteiger partial charge in [0, 0.05) is 41.6 Å². The Kier molecular flexibility index (Phi) is 6.73. The van der Waals surface area contributed by atoms with E-state index < -0.39 is 0 Å². The van der Waals surface area contributed by atoms with Gasteiger partial charge in [-0.15, -0.1) is 0 Å². The molecular weight excluding hydrogens is 404 g/mol. The molecule has 1 heterocycles. The van der Waals surface area contributed by atoms with E-state index in [2.05, 4.69) is 16.0 Å². The van der Waals surface area contributed by atoms with Gasteiger partial charge in [0.2, 0.25) is 11.8 Å². The van der Waals surface area contributed by atoms with Gasteiger partial charge in [-0.25, -0.2) is 0 Å². The molecule has 0 spiro atoms. The van der Waals surface area contributed by atoms with Gasteiger partial charge in [-0.1, -0.05) is 6.07 Å². The van der Waals surface area contributed by atoms with E-state index in [-0.39, 0.29) is 30.2 Å². The zero-order valence-corrected chi connectivity index (χ0v) is 18.4. The molecule has 1 saturated heterocycles. The largest absolute Gasteiger partial charge is 0.376 e. The minimum absolute atomic E-state index is 0.0421. The number of anilines is 3. The molecule has 0 atom stereocenters. The van der Waals surface area contributed by atoms with Crippen LogP contribution in [0.5, 0.6) is 0 Å². The summed E-state index contributed by atoms with van der Waals surface area (Å²) in [5.74, 6) is 0.0456. The van der Waals surface area contributed by atoms with Crippen molar-refractivity contribution in [2.24, 2.45) is 5.92 Å². The predicted molar refractivity (Wildman–Crippen MR) is 126 cm³/mol. The minimum atomic E-state index is -0.188. The molecule has 1 saturated carbocycles. The minimum Gasteiger partial charge on any atom is -0.376 e. The van der Waals surface area contributed by atoms with E-state index in [0.717, 1.165) is 55.7 Å². The van der Waals surface area contributed by atoms with Crippen molar-refractivity contribution in [2.45, 2.75) is 39.0 Å². The molecule has 2 aliphatic rings. The Bertz CT molecular complexity index is 993. The predicted octanol–water partition coefficient (Wildman–Crippen LogP) is 4.02. The molecule has 0 unspecified atom stereocenters. The number of nitrogens with one attached hydrogen (secondary N) is 3. The molecule has 3 N–H and O–H groups in total. The summed E-state index contributed by atoms with van der Waals surface area (Å²) in [7, 11) is 0. The molecule has 1 aliphatic carbocycles. The summed E-state index contributed by atoms with van der Waals surface area (Å²) in [6, 6.07) is 12.7. The van der Waals surface area contributed by atoms with Gasteiger partial charge in [0.05, 0.1) is 6.54 Å². The molecule has 0 aromatic heterocycles. The number of piperidine rings is 1. The number of nitrogens with zero attached hydrogens (tertiary/aromatic N) is 1. The van der Waals surface area contributed by atoms with Gasteiger partial charge in [-0.05, 0) is 81.0 Å². The van der Waals surface area contributed by atoms with Crippen LogP contribution >= 0.6 is 0 Å². The summed E-state index contributed by atoms with van der Waals surface area (Å²) >= 11 is 0. The molecule has 2 aromatic rings. The highest BCUT2D eigenvalue weighted by Gasteiger charge is 2.29. The average molecular weight is 435 g/mol. The number of hydrogen-bond acceptors (Lipinski definition) is 4. The Hall–Kier alpha value is -3.35. The summed E-state index contributed by atoms with van der Waals surface area (Å²) in [5, 5.41) is 8.94. The number of amides is 3. The average Bonchev–Trinajstić information content (AvgIpc) is 3.66. The molecule has 2 aromatic carbocycles. The molecule has 7 nitrogen and oxygen atoms in total. The molecule has 1 aliphatic heterocycles. The van der Waals surface area contributed by atoms with E-state index in [9.17, 15) is 14.4 Å². The fourth-order valence-electron chi connectivity index (χ4n) is 3.87. The van der Waals surface area contributed by atoms with Crippen molar-refractivity contribution in [1.29, 1.82) is 0 Å². The third kappa shape index (κ3) is 5.46. The fraction of sp³-hybridized carbons (Fsp3) is 0.400. The molecule has 0 bridgehead atoms. The van der Waals surface area contributed by atoms with Crippen molar-refractivity contribution in [3.05, 3.63) is 53.6 Å². The quantitative estimate of drug-likeness (QED) is 0.614. The first kappa shape index (κ1) is 21.9. The van der Waals surface area contributed by atoms with Crippen LogP contribution in [0.4, 0.5) is 17.1 Å². The third-order valence-electron chi connectivity index (χ3n) is 6.04. The highest BCUT2D eigenvalue weighted by molar-refractivity contribution is 5.98. The van der Waals surface area contributed by atoms with Crippen LogP contribution in [0, 0.1) is 12.8 Å². The number of benzene rings is 2. The second kappa shape index (κ2) is 9.85. The monoisotopic (exact) mass is 434 g/mol. The van der Waals surface area contributed by atoms with Crippen LogP contribution in [0.1, 0.15) is 48.0 Å². The van der Waals surface area contributed by atoms with Crippen molar-refractivity contribution in [3.8, 4) is 0 Å². The van der Waals surface area contributed by atoms with Crippen molar-refractivity contribution in [3.63, 3.8) is 0 Å². The van der Waals surface area contributed by atoms with Crippen LogP contribution < -0.4 is 16.0 Å². The molecule has 32 heavy (non-hydrogen) atoms. The first-order valence-electron chi connectivity index (χ1n) is 11.3. The van der Waals surface area contributed by atoms with Crippen molar-refractivity contribution < 1.29 is 14.4 Å². The van der Waals surface area contributed by atoms with Crippen molar-refractivity contribution >= 4 is 34.8 Å². The SMILES string of the molecule is Cc1c(NC(=O)CNc2ccc(C(=O)N3CCCCC3)cc2)cccc1NC(=O)C1CC1. The summed E-state index contributed by atoms with van der Waals surface area (Å²) in [6.07, 6.45) is 5.21. The van der Waals surface area contributed by atoms with Crippen LogP contribution in [0.3, 0.4) is 0 Å². The zero-order valence-electron chi connectivity index (χ0n) is 18.4. The normalized spacial score (nSPS) is 15.7. The number of rotatable bonds is 7. The van der Waals surface area contributed by atoms with Crippen molar-refractivity contribution in [1.82, 2.24) is 4.90 Å². The van der Waals surface area contributed by atoms with Gasteiger partial charge in [-0.2, -0.15) is 0 Å². The summed E-state index contributed by atoms with van der Waals surface area (Å²) < 4.78 is 0. The molecule has 3 amide bonds. The maximum atomic E-state index is 12.6. The lowest BCUT2D eigenvalue weighted by Gasteiger charge is -2.26. The summed E-state index contributed by atoms with van der Waals surface area (Å²) in [5.41, 5.74) is 3.67. The van der Waals surface area contributed by atoms with Crippen molar-refractivity contribution in [2.75, 3.05) is 35.6 Å². The maximum Gasteiger partial charge on any atom is 0.253 e. The highest BCUT2D eigenvalue weighted by atomic mass is 16.2.